The molecule has 8 heteroatoms. The number of rotatable bonds is 1. The highest BCUT2D eigenvalue weighted by atomic mass is 35.5. The van der Waals surface area contributed by atoms with Crippen molar-refractivity contribution in [1.29, 1.82) is 0 Å². The molecule has 0 aliphatic heterocycles. The monoisotopic (exact) mass is 289 g/mol. The number of alkyl halides is 3. The second kappa shape index (κ2) is 4.58. The van der Waals surface area contributed by atoms with E-state index < -0.39 is 17.3 Å². The molecular formula is C11H7ClF3N3O. The van der Waals surface area contributed by atoms with E-state index >= 15 is 0 Å². The van der Waals surface area contributed by atoms with Crippen LogP contribution in [0.15, 0.2) is 35.3 Å². The third kappa shape index (κ3) is 2.55. The van der Waals surface area contributed by atoms with Gasteiger partial charge in [-0.05, 0) is 18.2 Å². The van der Waals surface area contributed by atoms with Crippen LogP contribution in [0.3, 0.4) is 0 Å². The summed E-state index contributed by atoms with van der Waals surface area (Å²) >= 11 is 5.64. The summed E-state index contributed by atoms with van der Waals surface area (Å²) in [4.78, 5) is 11.8. The third-order valence-corrected chi connectivity index (χ3v) is 2.74. The summed E-state index contributed by atoms with van der Waals surface area (Å²) in [6, 6.07) is 4.20. The van der Waals surface area contributed by atoms with Crippen molar-refractivity contribution in [1.82, 2.24) is 9.78 Å². The van der Waals surface area contributed by atoms with Gasteiger partial charge in [-0.1, -0.05) is 17.7 Å². The average Bonchev–Trinajstić information content (AvgIpc) is 2.35. The molecule has 0 saturated carbocycles. The SMILES string of the molecule is Nc1cnn(-c2cccc(C(F)(F)F)c2)c(=O)c1Cl. The normalized spacial score (nSPS) is 11.6. The Labute approximate surface area is 110 Å². The lowest BCUT2D eigenvalue weighted by Gasteiger charge is -2.10. The van der Waals surface area contributed by atoms with E-state index in [1.54, 1.807) is 0 Å². The number of nitrogen functional groups attached to an aromatic ring is 1. The van der Waals surface area contributed by atoms with E-state index in [9.17, 15) is 18.0 Å². The maximum Gasteiger partial charge on any atom is 0.416 e. The number of nitrogens with two attached hydrogens (primary N) is 1. The van der Waals surface area contributed by atoms with Crippen LogP contribution >= 0.6 is 11.6 Å². The van der Waals surface area contributed by atoms with Gasteiger partial charge in [0.05, 0.1) is 23.1 Å². The number of anilines is 1. The number of benzene rings is 1. The van der Waals surface area contributed by atoms with Crippen LogP contribution in [0.2, 0.25) is 5.02 Å². The Morgan fingerprint density at radius 2 is 2.00 bits per heavy atom. The first kappa shape index (κ1) is 13.4. The maximum absolute atomic E-state index is 12.6. The molecule has 0 aliphatic rings. The van der Waals surface area contributed by atoms with Crippen molar-refractivity contribution < 1.29 is 13.2 Å². The molecule has 4 nitrogen and oxygen atoms in total. The largest absolute Gasteiger partial charge is 0.416 e. The summed E-state index contributed by atoms with van der Waals surface area (Å²) in [5, 5.41) is 3.37. The molecule has 0 fully saturated rings. The van der Waals surface area contributed by atoms with Crippen molar-refractivity contribution in [2.75, 3.05) is 5.73 Å². The third-order valence-electron chi connectivity index (χ3n) is 2.36. The first-order valence-corrected chi connectivity index (χ1v) is 5.39. The van der Waals surface area contributed by atoms with Gasteiger partial charge in [-0.3, -0.25) is 4.79 Å². The Bertz CT molecular complexity index is 682. The molecule has 0 atom stereocenters. The molecule has 0 aliphatic carbocycles. The summed E-state index contributed by atoms with van der Waals surface area (Å²) < 4.78 is 38.5. The van der Waals surface area contributed by atoms with Crippen LogP contribution in [0, 0.1) is 0 Å². The molecule has 0 spiro atoms. The quantitative estimate of drug-likeness (QED) is 0.877. The Hall–Kier alpha value is -2.02. The molecule has 100 valence electrons. The molecule has 19 heavy (non-hydrogen) atoms. The highest BCUT2D eigenvalue weighted by Gasteiger charge is 2.30. The molecular weight excluding hydrogens is 283 g/mol. The van der Waals surface area contributed by atoms with Crippen LogP contribution in [0.5, 0.6) is 0 Å². The van der Waals surface area contributed by atoms with Gasteiger partial charge >= 0.3 is 6.18 Å². The van der Waals surface area contributed by atoms with Gasteiger partial charge in [0.1, 0.15) is 5.02 Å². The molecule has 0 unspecified atom stereocenters. The van der Waals surface area contributed by atoms with E-state index in [1.165, 1.54) is 12.1 Å². The van der Waals surface area contributed by atoms with Crippen LogP contribution in [0.25, 0.3) is 5.69 Å². The smallest absolute Gasteiger partial charge is 0.396 e. The molecule has 1 aromatic heterocycles. The predicted molar refractivity (Wildman–Crippen MR) is 64.3 cm³/mol. The lowest BCUT2D eigenvalue weighted by molar-refractivity contribution is -0.137. The summed E-state index contributed by atoms with van der Waals surface area (Å²) in [5.74, 6) is 0. The van der Waals surface area contributed by atoms with Gasteiger partial charge in [0.2, 0.25) is 0 Å². The summed E-state index contributed by atoms with van der Waals surface area (Å²) in [7, 11) is 0. The number of aromatic nitrogens is 2. The van der Waals surface area contributed by atoms with Crippen LogP contribution in [-0.4, -0.2) is 9.78 Å². The standard InChI is InChI=1S/C11H7ClF3N3O/c12-9-8(16)5-17-18(10(9)19)7-3-1-2-6(4-7)11(13,14)15/h1-5H,16H2. The van der Waals surface area contributed by atoms with Gasteiger partial charge in [0.25, 0.3) is 5.56 Å². The van der Waals surface area contributed by atoms with E-state index in [0.717, 1.165) is 23.0 Å². The van der Waals surface area contributed by atoms with E-state index in [2.05, 4.69) is 5.10 Å². The minimum absolute atomic E-state index is 0.0325. The van der Waals surface area contributed by atoms with Gasteiger partial charge < -0.3 is 5.73 Å². The van der Waals surface area contributed by atoms with Crippen LogP contribution in [0.4, 0.5) is 18.9 Å². The van der Waals surface area contributed by atoms with Crippen LogP contribution < -0.4 is 11.3 Å². The second-order valence-corrected chi connectivity index (χ2v) is 4.06. The second-order valence-electron chi connectivity index (χ2n) is 3.68. The summed E-state index contributed by atoms with van der Waals surface area (Å²) in [6.45, 7) is 0. The first-order chi connectivity index (χ1) is 8.80. The first-order valence-electron chi connectivity index (χ1n) is 5.01. The van der Waals surface area contributed by atoms with Crippen molar-refractivity contribution in [2.45, 2.75) is 6.18 Å². The lowest BCUT2D eigenvalue weighted by atomic mass is 10.2. The lowest BCUT2D eigenvalue weighted by Crippen LogP contribution is -2.22. The fourth-order valence-electron chi connectivity index (χ4n) is 1.44. The molecule has 1 aromatic carbocycles. The van der Waals surface area contributed by atoms with Gasteiger partial charge in [-0.15, -0.1) is 0 Å². The van der Waals surface area contributed by atoms with E-state index in [4.69, 9.17) is 17.3 Å². The maximum atomic E-state index is 12.6. The highest BCUT2D eigenvalue weighted by Crippen LogP contribution is 2.30. The van der Waals surface area contributed by atoms with Gasteiger partial charge in [-0.2, -0.15) is 23.0 Å². The molecule has 2 rings (SSSR count). The highest BCUT2D eigenvalue weighted by molar-refractivity contribution is 6.32. The molecule has 0 bridgehead atoms. The zero-order chi connectivity index (χ0) is 14.2. The number of halogens is 4. The number of nitrogens with zero attached hydrogens (tertiary/aromatic N) is 2. The Morgan fingerprint density at radius 1 is 1.32 bits per heavy atom. The van der Waals surface area contributed by atoms with Crippen LogP contribution in [-0.2, 0) is 6.18 Å². The fourth-order valence-corrected chi connectivity index (χ4v) is 1.57. The molecule has 1 heterocycles. The zero-order valence-electron chi connectivity index (χ0n) is 9.28. The van der Waals surface area contributed by atoms with Crippen molar-refractivity contribution in [3.8, 4) is 5.69 Å². The predicted octanol–water partition coefficient (Wildman–Crippen LogP) is 2.49. The van der Waals surface area contributed by atoms with E-state index in [1.807, 2.05) is 0 Å². The van der Waals surface area contributed by atoms with Gasteiger partial charge in [0, 0.05) is 0 Å². The molecule has 0 saturated heterocycles. The van der Waals surface area contributed by atoms with Crippen molar-refractivity contribution in [3.05, 3.63) is 51.4 Å². The minimum atomic E-state index is -4.50. The molecule has 2 N–H and O–H groups in total. The minimum Gasteiger partial charge on any atom is -0.396 e. The van der Waals surface area contributed by atoms with Crippen molar-refractivity contribution >= 4 is 17.3 Å². The topological polar surface area (TPSA) is 60.9 Å². The molecule has 0 radical (unpaired) electrons. The fraction of sp³-hybridized carbons (Fsp3) is 0.0909. The Kier molecular flexibility index (Phi) is 3.23. The van der Waals surface area contributed by atoms with Crippen molar-refractivity contribution in [2.24, 2.45) is 0 Å². The van der Waals surface area contributed by atoms with E-state index in [-0.39, 0.29) is 16.4 Å². The summed E-state index contributed by atoms with van der Waals surface area (Å²) in [5.41, 5.74) is 3.65. The number of hydrogen-bond donors (Lipinski definition) is 1. The van der Waals surface area contributed by atoms with E-state index in [0.29, 0.717) is 0 Å². The van der Waals surface area contributed by atoms with Crippen LogP contribution in [0.1, 0.15) is 5.56 Å². The number of hydrogen-bond acceptors (Lipinski definition) is 3. The Balaban J connectivity index is 2.61. The van der Waals surface area contributed by atoms with Gasteiger partial charge in [-0.25, -0.2) is 0 Å². The average molecular weight is 290 g/mol. The van der Waals surface area contributed by atoms with Crippen molar-refractivity contribution in [3.63, 3.8) is 0 Å². The Morgan fingerprint density at radius 3 is 2.63 bits per heavy atom. The summed E-state index contributed by atoms with van der Waals surface area (Å²) in [6.07, 6.45) is -3.40. The molecule has 2 aromatic rings. The zero-order valence-corrected chi connectivity index (χ0v) is 10.0. The molecule has 0 amide bonds. The van der Waals surface area contributed by atoms with Gasteiger partial charge in [0.15, 0.2) is 0 Å².